The van der Waals surface area contributed by atoms with Crippen LogP contribution in [0.4, 0.5) is 4.79 Å². The highest BCUT2D eigenvalue weighted by Gasteiger charge is 2.52. The van der Waals surface area contributed by atoms with Gasteiger partial charge < -0.3 is 15.4 Å². The molecule has 2 fully saturated rings. The third-order valence-corrected chi connectivity index (χ3v) is 5.28. The van der Waals surface area contributed by atoms with Crippen LogP contribution in [0.3, 0.4) is 0 Å². The average molecular weight is 401 g/mol. The van der Waals surface area contributed by atoms with Crippen molar-refractivity contribution in [2.45, 2.75) is 63.6 Å². The Kier molecular flexibility index (Phi) is 6.20. The Morgan fingerprint density at radius 1 is 1.17 bits per heavy atom. The Bertz CT molecular complexity index is 787. The van der Waals surface area contributed by atoms with Crippen LogP contribution >= 0.6 is 0 Å². The SMILES string of the molecule is CC(C)OC(=O)CC(NC(=O)CN1C(=O)NC2(CCCC2)C1=O)c1ccccc1. The van der Waals surface area contributed by atoms with Crippen LogP contribution in [0.25, 0.3) is 0 Å². The number of carbonyl (C=O) groups is 4. The number of rotatable bonds is 7. The first-order chi connectivity index (χ1) is 13.8. The summed E-state index contributed by atoms with van der Waals surface area (Å²) in [5, 5.41) is 5.53. The van der Waals surface area contributed by atoms with E-state index in [0.717, 1.165) is 23.3 Å². The summed E-state index contributed by atoms with van der Waals surface area (Å²) in [4.78, 5) is 50.7. The Balaban J connectivity index is 1.67. The van der Waals surface area contributed by atoms with Gasteiger partial charge in [0.1, 0.15) is 12.1 Å². The summed E-state index contributed by atoms with van der Waals surface area (Å²) in [5.74, 6) is -1.28. The summed E-state index contributed by atoms with van der Waals surface area (Å²) >= 11 is 0. The van der Waals surface area contributed by atoms with E-state index in [9.17, 15) is 19.2 Å². The third kappa shape index (κ3) is 4.75. The molecule has 8 heteroatoms. The van der Waals surface area contributed by atoms with E-state index in [1.807, 2.05) is 18.2 Å². The normalized spacial score (nSPS) is 18.8. The van der Waals surface area contributed by atoms with Crippen LogP contribution in [0.1, 0.15) is 57.6 Å². The van der Waals surface area contributed by atoms with Crippen molar-refractivity contribution in [1.82, 2.24) is 15.5 Å². The van der Waals surface area contributed by atoms with E-state index in [1.54, 1.807) is 26.0 Å². The molecule has 1 spiro atoms. The predicted octanol–water partition coefficient (Wildman–Crippen LogP) is 2.05. The first-order valence-electron chi connectivity index (χ1n) is 9.98. The molecule has 1 aromatic rings. The number of ether oxygens (including phenoxy) is 1. The maximum atomic E-state index is 12.7. The first kappa shape index (κ1) is 20.8. The van der Waals surface area contributed by atoms with E-state index in [0.29, 0.717) is 12.8 Å². The zero-order valence-corrected chi connectivity index (χ0v) is 16.8. The molecule has 1 atom stereocenters. The van der Waals surface area contributed by atoms with Crippen molar-refractivity contribution in [2.24, 2.45) is 0 Å². The summed E-state index contributed by atoms with van der Waals surface area (Å²) in [7, 11) is 0. The maximum absolute atomic E-state index is 12.7. The van der Waals surface area contributed by atoms with Gasteiger partial charge in [-0.15, -0.1) is 0 Å². The Morgan fingerprint density at radius 3 is 2.45 bits per heavy atom. The summed E-state index contributed by atoms with van der Waals surface area (Å²) in [6.45, 7) is 3.13. The number of nitrogens with one attached hydrogen (secondary N) is 2. The molecule has 1 aliphatic heterocycles. The Hall–Kier alpha value is -2.90. The summed E-state index contributed by atoms with van der Waals surface area (Å²) in [5.41, 5.74) is -0.108. The molecule has 8 nitrogen and oxygen atoms in total. The second kappa shape index (κ2) is 8.63. The Labute approximate surface area is 170 Å². The molecule has 1 saturated carbocycles. The number of carbonyl (C=O) groups excluding carboxylic acids is 4. The minimum absolute atomic E-state index is 0.0436. The molecular formula is C21H27N3O5. The number of nitrogens with zero attached hydrogens (tertiary/aromatic N) is 1. The molecule has 0 bridgehead atoms. The van der Waals surface area contributed by atoms with E-state index in [-0.39, 0.29) is 25.0 Å². The van der Waals surface area contributed by atoms with Crippen molar-refractivity contribution < 1.29 is 23.9 Å². The number of hydrogen-bond donors (Lipinski definition) is 2. The van der Waals surface area contributed by atoms with Gasteiger partial charge in [-0.05, 0) is 32.3 Å². The van der Waals surface area contributed by atoms with E-state index in [4.69, 9.17) is 4.74 Å². The zero-order valence-electron chi connectivity index (χ0n) is 16.8. The molecule has 2 N–H and O–H groups in total. The van der Waals surface area contributed by atoms with Crippen molar-refractivity contribution >= 4 is 23.8 Å². The topological polar surface area (TPSA) is 105 Å². The summed E-state index contributed by atoms with van der Waals surface area (Å²) < 4.78 is 5.20. The second-order valence-electron chi connectivity index (χ2n) is 7.88. The lowest BCUT2D eigenvalue weighted by atomic mass is 9.98. The molecule has 4 amide bonds. The zero-order chi connectivity index (χ0) is 21.0. The quantitative estimate of drug-likeness (QED) is 0.537. The molecule has 2 aliphatic rings. The van der Waals surface area contributed by atoms with Gasteiger partial charge in [-0.1, -0.05) is 43.2 Å². The molecule has 0 radical (unpaired) electrons. The van der Waals surface area contributed by atoms with Gasteiger partial charge in [-0.3, -0.25) is 19.3 Å². The summed E-state index contributed by atoms with van der Waals surface area (Å²) in [6.07, 6.45) is 2.65. The number of amides is 4. The first-order valence-corrected chi connectivity index (χ1v) is 9.98. The molecule has 1 heterocycles. The number of imide groups is 1. The monoisotopic (exact) mass is 401 g/mol. The molecular weight excluding hydrogens is 374 g/mol. The van der Waals surface area contributed by atoms with Crippen LogP contribution in [-0.4, -0.2) is 46.9 Å². The van der Waals surface area contributed by atoms with Gasteiger partial charge in [0.2, 0.25) is 5.91 Å². The van der Waals surface area contributed by atoms with Gasteiger partial charge in [0.05, 0.1) is 18.6 Å². The van der Waals surface area contributed by atoms with E-state index < -0.39 is 29.5 Å². The highest BCUT2D eigenvalue weighted by molar-refractivity contribution is 6.09. The molecule has 1 saturated heterocycles. The predicted molar refractivity (Wildman–Crippen MR) is 105 cm³/mol. The Morgan fingerprint density at radius 2 is 1.83 bits per heavy atom. The molecule has 156 valence electrons. The van der Waals surface area contributed by atoms with Crippen LogP contribution in [0, 0.1) is 0 Å². The van der Waals surface area contributed by atoms with Gasteiger partial charge in [-0.25, -0.2) is 4.79 Å². The van der Waals surface area contributed by atoms with Crippen molar-refractivity contribution in [1.29, 1.82) is 0 Å². The van der Waals surface area contributed by atoms with E-state index in [1.165, 1.54) is 0 Å². The highest BCUT2D eigenvalue weighted by Crippen LogP contribution is 2.34. The van der Waals surface area contributed by atoms with E-state index in [2.05, 4.69) is 10.6 Å². The van der Waals surface area contributed by atoms with Crippen molar-refractivity contribution in [3.63, 3.8) is 0 Å². The fraction of sp³-hybridized carbons (Fsp3) is 0.524. The van der Waals surface area contributed by atoms with Crippen LogP contribution < -0.4 is 10.6 Å². The third-order valence-electron chi connectivity index (χ3n) is 5.28. The molecule has 29 heavy (non-hydrogen) atoms. The highest BCUT2D eigenvalue weighted by atomic mass is 16.5. The smallest absolute Gasteiger partial charge is 0.325 e. The molecule has 0 aromatic heterocycles. The number of benzene rings is 1. The van der Waals surface area contributed by atoms with Crippen molar-refractivity contribution in [2.75, 3.05) is 6.54 Å². The van der Waals surface area contributed by atoms with Gasteiger partial charge in [0, 0.05) is 0 Å². The minimum atomic E-state index is -0.850. The lowest BCUT2D eigenvalue weighted by Gasteiger charge is -2.22. The standard InChI is InChI=1S/C21H27N3O5/c1-14(2)29-18(26)12-16(15-8-4-3-5-9-15)22-17(25)13-24-19(27)21(23-20(24)28)10-6-7-11-21/h3-5,8-9,14,16H,6-7,10-13H2,1-2H3,(H,22,25)(H,23,28). The average Bonchev–Trinajstić information content (AvgIpc) is 3.22. The molecule has 1 unspecified atom stereocenters. The molecule has 3 rings (SSSR count). The van der Waals surface area contributed by atoms with Gasteiger partial charge in [0.15, 0.2) is 0 Å². The van der Waals surface area contributed by atoms with Crippen LogP contribution in [0.15, 0.2) is 30.3 Å². The van der Waals surface area contributed by atoms with Gasteiger partial charge in [-0.2, -0.15) is 0 Å². The second-order valence-corrected chi connectivity index (χ2v) is 7.88. The van der Waals surface area contributed by atoms with Crippen LogP contribution in [0.5, 0.6) is 0 Å². The van der Waals surface area contributed by atoms with Gasteiger partial charge in [0.25, 0.3) is 5.91 Å². The number of urea groups is 1. The van der Waals surface area contributed by atoms with E-state index >= 15 is 0 Å². The van der Waals surface area contributed by atoms with Crippen LogP contribution in [0.2, 0.25) is 0 Å². The minimum Gasteiger partial charge on any atom is -0.463 e. The molecule has 1 aliphatic carbocycles. The number of hydrogen-bond acceptors (Lipinski definition) is 5. The van der Waals surface area contributed by atoms with Crippen molar-refractivity contribution in [3.05, 3.63) is 35.9 Å². The fourth-order valence-electron chi connectivity index (χ4n) is 3.94. The number of esters is 1. The maximum Gasteiger partial charge on any atom is 0.325 e. The fourth-order valence-corrected chi connectivity index (χ4v) is 3.94. The lowest BCUT2D eigenvalue weighted by Crippen LogP contribution is -2.45. The van der Waals surface area contributed by atoms with Gasteiger partial charge >= 0.3 is 12.0 Å². The molecule has 1 aromatic carbocycles. The largest absolute Gasteiger partial charge is 0.463 e. The van der Waals surface area contributed by atoms with Crippen molar-refractivity contribution in [3.8, 4) is 0 Å². The lowest BCUT2D eigenvalue weighted by molar-refractivity contribution is -0.148. The summed E-state index contributed by atoms with van der Waals surface area (Å²) in [6, 6.07) is 7.90. The van der Waals surface area contributed by atoms with Crippen LogP contribution in [-0.2, 0) is 19.1 Å².